The molecule has 0 bridgehead atoms. The summed E-state index contributed by atoms with van der Waals surface area (Å²) in [6.07, 6.45) is 1.45. The summed E-state index contributed by atoms with van der Waals surface area (Å²) >= 11 is 0. The van der Waals surface area contributed by atoms with E-state index in [4.69, 9.17) is 5.26 Å². The second kappa shape index (κ2) is 6.95. The number of rotatable bonds is 3. The number of nitrogens with zero attached hydrogens (tertiary/aromatic N) is 2. The number of benzene rings is 2. The first-order valence-corrected chi connectivity index (χ1v) is 9.53. The van der Waals surface area contributed by atoms with Crippen LogP contribution in [0.25, 0.3) is 0 Å². The van der Waals surface area contributed by atoms with E-state index in [1.165, 1.54) is 4.31 Å². The molecule has 25 heavy (non-hydrogen) atoms. The lowest BCUT2D eigenvalue weighted by molar-refractivity contribution is 0.102. The van der Waals surface area contributed by atoms with Crippen LogP contribution in [0.15, 0.2) is 48.5 Å². The van der Waals surface area contributed by atoms with Crippen molar-refractivity contribution < 1.29 is 13.2 Å². The topological polar surface area (TPSA) is 90.3 Å². The summed E-state index contributed by atoms with van der Waals surface area (Å²) in [6, 6.07) is 15.3. The first-order chi connectivity index (χ1) is 12.0. The molecule has 2 aromatic carbocycles. The van der Waals surface area contributed by atoms with E-state index in [0.717, 1.165) is 6.42 Å². The van der Waals surface area contributed by atoms with Crippen LogP contribution in [0.1, 0.15) is 28.8 Å². The molecule has 0 aromatic heterocycles. The summed E-state index contributed by atoms with van der Waals surface area (Å²) in [4.78, 5) is 12.5. The van der Waals surface area contributed by atoms with Gasteiger partial charge in [-0.15, -0.1) is 0 Å². The molecular formula is C18H17N3O3S. The smallest absolute Gasteiger partial charge is 0.255 e. The monoisotopic (exact) mass is 355 g/mol. The minimum atomic E-state index is -3.33. The molecule has 1 aliphatic rings. The number of hydrogen-bond donors (Lipinski definition) is 1. The Balaban J connectivity index is 1.86. The fraction of sp³-hybridized carbons (Fsp3) is 0.222. The van der Waals surface area contributed by atoms with E-state index in [1.54, 1.807) is 48.5 Å². The van der Waals surface area contributed by atoms with E-state index in [2.05, 4.69) is 5.32 Å². The Bertz CT molecular complexity index is 948. The van der Waals surface area contributed by atoms with Gasteiger partial charge in [0, 0.05) is 12.1 Å². The van der Waals surface area contributed by atoms with Gasteiger partial charge in [0.05, 0.1) is 22.7 Å². The molecule has 7 heteroatoms. The van der Waals surface area contributed by atoms with Gasteiger partial charge in [0.2, 0.25) is 10.0 Å². The quantitative estimate of drug-likeness (QED) is 0.916. The average molecular weight is 355 g/mol. The fourth-order valence-corrected chi connectivity index (χ4v) is 4.40. The highest BCUT2D eigenvalue weighted by Gasteiger charge is 2.26. The zero-order valence-electron chi connectivity index (χ0n) is 13.5. The summed E-state index contributed by atoms with van der Waals surface area (Å²) in [5.74, 6) is -0.266. The molecule has 1 fully saturated rings. The molecule has 2 aromatic rings. The lowest BCUT2D eigenvalue weighted by Gasteiger charge is -2.28. The molecule has 128 valence electrons. The zero-order chi connectivity index (χ0) is 17.9. The van der Waals surface area contributed by atoms with Crippen LogP contribution >= 0.6 is 0 Å². The van der Waals surface area contributed by atoms with Crippen LogP contribution in [-0.2, 0) is 10.0 Å². The van der Waals surface area contributed by atoms with Crippen LogP contribution in [0.4, 0.5) is 11.4 Å². The largest absolute Gasteiger partial charge is 0.321 e. The number of carbonyl (C=O) groups is 1. The second-order valence-electron chi connectivity index (χ2n) is 5.76. The van der Waals surface area contributed by atoms with Gasteiger partial charge in [-0.1, -0.05) is 18.2 Å². The van der Waals surface area contributed by atoms with E-state index in [1.807, 2.05) is 6.07 Å². The highest BCUT2D eigenvalue weighted by molar-refractivity contribution is 7.92. The van der Waals surface area contributed by atoms with E-state index in [9.17, 15) is 13.2 Å². The molecule has 0 spiro atoms. The van der Waals surface area contributed by atoms with Crippen molar-refractivity contribution in [3.05, 3.63) is 59.7 Å². The number of hydrogen-bond acceptors (Lipinski definition) is 4. The van der Waals surface area contributed by atoms with Crippen LogP contribution in [0.3, 0.4) is 0 Å². The molecule has 1 heterocycles. The van der Waals surface area contributed by atoms with Crippen LogP contribution in [0.2, 0.25) is 0 Å². The Kier molecular flexibility index (Phi) is 4.72. The summed E-state index contributed by atoms with van der Waals surface area (Å²) in [5, 5.41) is 11.8. The number of sulfonamides is 1. The molecule has 3 rings (SSSR count). The van der Waals surface area contributed by atoms with Gasteiger partial charge in [-0.3, -0.25) is 9.10 Å². The summed E-state index contributed by atoms with van der Waals surface area (Å²) in [7, 11) is -3.33. The summed E-state index contributed by atoms with van der Waals surface area (Å²) in [5.41, 5.74) is 1.61. The molecular weight excluding hydrogens is 338 g/mol. The van der Waals surface area contributed by atoms with Crippen molar-refractivity contribution in [1.29, 1.82) is 5.26 Å². The number of para-hydroxylation sites is 1. The van der Waals surface area contributed by atoms with Gasteiger partial charge in [-0.05, 0) is 43.2 Å². The van der Waals surface area contributed by atoms with Crippen molar-refractivity contribution >= 4 is 27.3 Å². The molecule has 0 saturated carbocycles. The van der Waals surface area contributed by atoms with Crippen molar-refractivity contribution in [2.75, 3.05) is 21.9 Å². The van der Waals surface area contributed by atoms with Gasteiger partial charge in [-0.25, -0.2) is 8.42 Å². The van der Waals surface area contributed by atoms with Crippen molar-refractivity contribution in [2.24, 2.45) is 0 Å². The van der Waals surface area contributed by atoms with E-state index >= 15 is 0 Å². The van der Waals surface area contributed by atoms with Gasteiger partial charge in [0.15, 0.2) is 0 Å². The zero-order valence-corrected chi connectivity index (χ0v) is 14.3. The van der Waals surface area contributed by atoms with Gasteiger partial charge >= 0.3 is 0 Å². The van der Waals surface area contributed by atoms with Gasteiger partial charge in [0.1, 0.15) is 6.07 Å². The Morgan fingerprint density at radius 1 is 1.12 bits per heavy atom. The lowest BCUT2D eigenvalue weighted by Crippen LogP contribution is -2.37. The number of anilines is 2. The Morgan fingerprint density at radius 2 is 1.92 bits per heavy atom. The predicted octanol–water partition coefficient (Wildman–Crippen LogP) is 2.74. The van der Waals surface area contributed by atoms with E-state index in [-0.39, 0.29) is 11.7 Å². The number of amides is 1. The number of nitriles is 1. The third-order valence-corrected chi connectivity index (χ3v) is 5.91. The molecule has 0 unspecified atom stereocenters. The fourth-order valence-electron chi connectivity index (χ4n) is 2.77. The molecule has 0 aliphatic carbocycles. The van der Waals surface area contributed by atoms with Crippen molar-refractivity contribution in [1.82, 2.24) is 0 Å². The maximum atomic E-state index is 12.5. The molecule has 1 saturated heterocycles. The molecule has 1 N–H and O–H groups in total. The standard InChI is InChI=1S/C18H17N3O3S/c19-13-15-6-1-2-9-17(15)20-18(22)14-7-5-8-16(12-14)21-10-3-4-11-25(21,23)24/h1-2,5-9,12H,3-4,10-11H2,(H,20,22). The normalized spacial score (nSPS) is 16.0. The lowest BCUT2D eigenvalue weighted by atomic mass is 10.1. The Morgan fingerprint density at radius 3 is 2.68 bits per heavy atom. The molecule has 0 atom stereocenters. The molecule has 1 amide bonds. The van der Waals surface area contributed by atoms with Crippen molar-refractivity contribution in [3.8, 4) is 6.07 Å². The number of nitrogens with one attached hydrogen (secondary N) is 1. The average Bonchev–Trinajstić information content (AvgIpc) is 2.62. The van der Waals surface area contributed by atoms with Gasteiger partial charge < -0.3 is 5.32 Å². The number of carbonyl (C=O) groups excluding carboxylic acids is 1. The predicted molar refractivity (Wildman–Crippen MR) is 95.9 cm³/mol. The minimum Gasteiger partial charge on any atom is -0.321 e. The second-order valence-corrected chi connectivity index (χ2v) is 7.77. The molecule has 0 radical (unpaired) electrons. The van der Waals surface area contributed by atoms with Crippen LogP contribution in [0.5, 0.6) is 0 Å². The van der Waals surface area contributed by atoms with Crippen molar-refractivity contribution in [2.45, 2.75) is 12.8 Å². The highest BCUT2D eigenvalue weighted by atomic mass is 32.2. The van der Waals surface area contributed by atoms with Crippen LogP contribution in [0, 0.1) is 11.3 Å². The molecule has 6 nitrogen and oxygen atoms in total. The maximum Gasteiger partial charge on any atom is 0.255 e. The highest BCUT2D eigenvalue weighted by Crippen LogP contribution is 2.25. The van der Waals surface area contributed by atoms with Gasteiger partial charge in [-0.2, -0.15) is 5.26 Å². The Hall–Kier alpha value is -2.85. The molecule has 1 aliphatic heterocycles. The summed E-state index contributed by atoms with van der Waals surface area (Å²) in [6.45, 7) is 0.421. The first-order valence-electron chi connectivity index (χ1n) is 7.92. The van der Waals surface area contributed by atoms with Crippen LogP contribution < -0.4 is 9.62 Å². The van der Waals surface area contributed by atoms with Crippen molar-refractivity contribution in [3.63, 3.8) is 0 Å². The maximum absolute atomic E-state index is 12.5. The Labute approximate surface area is 146 Å². The van der Waals surface area contributed by atoms with Crippen LogP contribution in [-0.4, -0.2) is 26.6 Å². The van der Waals surface area contributed by atoms with E-state index < -0.39 is 10.0 Å². The summed E-state index contributed by atoms with van der Waals surface area (Å²) < 4.78 is 25.8. The SMILES string of the molecule is N#Cc1ccccc1NC(=O)c1cccc(N2CCCCS2(=O)=O)c1. The first kappa shape index (κ1) is 17.0. The third kappa shape index (κ3) is 3.64. The minimum absolute atomic E-state index is 0.124. The third-order valence-electron chi connectivity index (χ3n) is 4.04. The van der Waals surface area contributed by atoms with Gasteiger partial charge in [0.25, 0.3) is 5.91 Å². The van der Waals surface area contributed by atoms with E-state index in [0.29, 0.717) is 35.5 Å².